The van der Waals surface area contributed by atoms with Crippen molar-refractivity contribution in [3.05, 3.63) is 65.7 Å². The van der Waals surface area contributed by atoms with Gasteiger partial charge in [0.15, 0.2) is 5.96 Å². The summed E-state index contributed by atoms with van der Waals surface area (Å²) >= 11 is 0. The summed E-state index contributed by atoms with van der Waals surface area (Å²) in [5, 5.41) is 21.4. The fourth-order valence-electron chi connectivity index (χ4n) is 5.09. The number of carbonyl (C=O) groups is 3. The average Bonchev–Trinajstić information content (AvgIpc) is 3.42. The maximum Gasteiger partial charge on any atom is 0.322 e. The number of carbonyl (C=O) groups excluding carboxylic acids is 2. The molecule has 1 fully saturated rings. The summed E-state index contributed by atoms with van der Waals surface area (Å²) in [4.78, 5) is 44.5. The Balaban J connectivity index is 2.01. The molecule has 38 heavy (non-hydrogen) atoms. The van der Waals surface area contributed by atoms with Gasteiger partial charge in [-0.25, -0.2) is 0 Å². The second-order valence-electron chi connectivity index (χ2n) is 9.64. The van der Waals surface area contributed by atoms with Crippen molar-refractivity contribution in [1.29, 1.82) is 0 Å². The summed E-state index contributed by atoms with van der Waals surface area (Å²) in [6.45, 7) is -0.186. The van der Waals surface area contributed by atoms with E-state index in [-0.39, 0.29) is 43.0 Å². The number of phenols is 1. The second kappa shape index (κ2) is 14.0. The minimum absolute atomic E-state index is 0.0701. The Kier molecular flexibility index (Phi) is 10.5. The van der Waals surface area contributed by atoms with Crippen LogP contribution in [0.4, 0.5) is 0 Å². The smallest absolute Gasteiger partial charge is 0.322 e. The van der Waals surface area contributed by atoms with Crippen LogP contribution in [0.2, 0.25) is 0 Å². The molecule has 0 bridgehead atoms. The number of carboxylic acids is 1. The number of aromatic hydroxyl groups is 1. The van der Waals surface area contributed by atoms with E-state index < -0.39 is 30.4 Å². The molecule has 1 saturated carbocycles. The predicted molar refractivity (Wildman–Crippen MR) is 144 cm³/mol. The van der Waals surface area contributed by atoms with E-state index in [1.165, 1.54) is 12.1 Å². The Morgan fingerprint density at radius 2 is 1.68 bits per heavy atom. The average molecular weight is 524 g/mol. The highest BCUT2D eigenvalue weighted by Gasteiger charge is 2.39. The van der Waals surface area contributed by atoms with E-state index in [4.69, 9.17) is 16.6 Å². The van der Waals surface area contributed by atoms with Crippen molar-refractivity contribution < 1.29 is 24.6 Å². The molecular weight excluding hydrogens is 486 g/mol. The molecule has 1 aliphatic rings. The SMILES string of the molecule is NC(N)=NCCC[C@H](C(=O)NCC(=O)O)N(Cc1ccc(O)cc1)C(=O)C(c1ccccc1)C1CCCC1. The van der Waals surface area contributed by atoms with E-state index in [9.17, 15) is 19.5 Å². The summed E-state index contributed by atoms with van der Waals surface area (Å²) in [5.74, 6) is -2.20. The van der Waals surface area contributed by atoms with E-state index >= 15 is 0 Å². The van der Waals surface area contributed by atoms with Crippen molar-refractivity contribution >= 4 is 23.7 Å². The zero-order valence-corrected chi connectivity index (χ0v) is 21.5. The van der Waals surface area contributed by atoms with Crippen molar-refractivity contribution in [1.82, 2.24) is 10.2 Å². The van der Waals surface area contributed by atoms with E-state index in [1.54, 1.807) is 17.0 Å². The fourth-order valence-corrected chi connectivity index (χ4v) is 5.09. The number of aliphatic imine (C=N–C) groups is 1. The van der Waals surface area contributed by atoms with Crippen molar-refractivity contribution in [2.75, 3.05) is 13.1 Å². The van der Waals surface area contributed by atoms with Gasteiger partial charge in [-0.15, -0.1) is 0 Å². The van der Waals surface area contributed by atoms with Crippen molar-refractivity contribution in [2.24, 2.45) is 22.4 Å². The van der Waals surface area contributed by atoms with Crippen molar-refractivity contribution in [2.45, 2.75) is 57.0 Å². The maximum atomic E-state index is 14.4. The third-order valence-electron chi connectivity index (χ3n) is 6.89. The summed E-state index contributed by atoms with van der Waals surface area (Å²) in [6.07, 6.45) is 4.55. The highest BCUT2D eigenvalue weighted by atomic mass is 16.4. The first-order chi connectivity index (χ1) is 18.3. The number of hydrogen-bond donors (Lipinski definition) is 5. The topological polar surface area (TPSA) is 171 Å². The molecule has 10 nitrogen and oxygen atoms in total. The molecule has 204 valence electrons. The lowest BCUT2D eigenvalue weighted by Crippen LogP contribution is -2.52. The van der Waals surface area contributed by atoms with Crippen LogP contribution in [0.15, 0.2) is 59.6 Å². The normalized spacial score (nSPS) is 14.8. The van der Waals surface area contributed by atoms with Gasteiger partial charge in [0.1, 0.15) is 18.3 Å². The van der Waals surface area contributed by atoms with E-state index in [1.807, 2.05) is 30.3 Å². The van der Waals surface area contributed by atoms with E-state index in [0.29, 0.717) is 6.42 Å². The van der Waals surface area contributed by atoms with Crippen LogP contribution in [0.25, 0.3) is 0 Å². The van der Waals surface area contributed by atoms with Gasteiger partial charge in [0.25, 0.3) is 0 Å². The molecule has 0 spiro atoms. The number of phenolic OH excluding ortho intramolecular Hbond substituents is 1. The van der Waals surface area contributed by atoms with Crippen LogP contribution < -0.4 is 16.8 Å². The molecule has 0 aromatic heterocycles. The largest absolute Gasteiger partial charge is 0.508 e. The van der Waals surface area contributed by atoms with Gasteiger partial charge < -0.3 is 31.9 Å². The maximum absolute atomic E-state index is 14.4. The third kappa shape index (κ3) is 8.22. The van der Waals surface area contributed by atoms with Crippen LogP contribution >= 0.6 is 0 Å². The predicted octanol–water partition coefficient (Wildman–Crippen LogP) is 2.32. The number of amides is 2. The number of nitrogens with two attached hydrogens (primary N) is 2. The lowest BCUT2D eigenvalue weighted by Gasteiger charge is -2.36. The second-order valence-corrected chi connectivity index (χ2v) is 9.64. The molecule has 2 amide bonds. The van der Waals surface area contributed by atoms with Crippen LogP contribution in [-0.4, -0.2) is 58.0 Å². The van der Waals surface area contributed by atoms with Gasteiger partial charge in [-0.2, -0.15) is 0 Å². The molecule has 1 aliphatic carbocycles. The molecule has 1 unspecified atom stereocenters. The first kappa shape index (κ1) is 28.5. The van der Waals surface area contributed by atoms with Crippen LogP contribution in [0.3, 0.4) is 0 Å². The van der Waals surface area contributed by atoms with Gasteiger partial charge >= 0.3 is 5.97 Å². The van der Waals surface area contributed by atoms with Crippen LogP contribution in [0.1, 0.15) is 55.6 Å². The number of rotatable bonds is 13. The standard InChI is InChI=1S/C28H37N5O5/c29-28(30)31-16-6-11-23(26(37)32-17-24(35)36)33(18-19-12-14-22(34)15-13-19)27(38)25(21-9-4-5-10-21)20-7-2-1-3-8-20/h1-3,7-8,12-15,21,23,25,34H,4-6,9-11,16-18H2,(H,32,37)(H,35,36)(H4,29,30,31)/t23-,25?/m1/s1. The number of aliphatic carboxylic acids is 1. The molecule has 2 aromatic carbocycles. The fraction of sp³-hybridized carbons (Fsp3) is 0.429. The highest BCUT2D eigenvalue weighted by molar-refractivity contribution is 5.92. The van der Waals surface area contributed by atoms with Gasteiger partial charge in [0.2, 0.25) is 11.8 Å². The highest BCUT2D eigenvalue weighted by Crippen LogP contribution is 2.39. The Morgan fingerprint density at radius 3 is 2.29 bits per heavy atom. The number of guanidine groups is 1. The number of carboxylic acid groups (broad SMARTS) is 1. The number of nitrogens with zero attached hydrogens (tertiary/aromatic N) is 2. The number of benzene rings is 2. The van der Waals surface area contributed by atoms with Gasteiger partial charge in [-0.1, -0.05) is 55.3 Å². The lowest BCUT2D eigenvalue weighted by atomic mass is 9.83. The summed E-state index contributed by atoms with van der Waals surface area (Å²) in [5.41, 5.74) is 12.5. The molecule has 2 aromatic rings. The Morgan fingerprint density at radius 1 is 1.03 bits per heavy atom. The lowest BCUT2D eigenvalue weighted by molar-refractivity contribution is -0.144. The molecule has 0 heterocycles. The molecule has 2 atom stereocenters. The number of hydrogen-bond acceptors (Lipinski definition) is 5. The van der Waals surface area contributed by atoms with Crippen LogP contribution in [0.5, 0.6) is 5.75 Å². The van der Waals surface area contributed by atoms with E-state index in [2.05, 4.69) is 10.3 Å². The number of nitrogens with one attached hydrogen (secondary N) is 1. The van der Waals surface area contributed by atoms with Gasteiger partial charge in [-0.05, 0) is 54.9 Å². The first-order valence-electron chi connectivity index (χ1n) is 12.9. The monoisotopic (exact) mass is 523 g/mol. The minimum atomic E-state index is -1.18. The molecule has 0 saturated heterocycles. The molecule has 7 N–H and O–H groups in total. The summed E-state index contributed by atoms with van der Waals surface area (Å²) in [7, 11) is 0. The Hall–Kier alpha value is -4.08. The molecule has 0 aliphatic heterocycles. The Bertz CT molecular complexity index is 1100. The minimum Gasteiger partial charge on any atom is -0.508 e. The van der Waals surface area contributed by atoms with Crippen molar-refractivity contribution in [3.8, 4) is 5.75 Å². The van der Waals surface area contributed by atoms with Gasteiger partial charge in [0.05, 0.1) is 5.92 Å². The molecule has 0 radical (unpaired) electrons. The Labute approximate surface area is 222 Å². The van der Waals surface area contributed by atoms with Crippen LogP contribution in [0, 0.1) is 5.92 Å². The van der Waals surface area contributed by atoms with E-state index in [0.717, 1.165) is 36.8 Å². The zero-order valence-electron chi connectivity index (χ0n) is 21.5. The van der Waals surface area contributed by atoms with Gasteiger partial charge in [0, 0.05) is 13.1 Å². The third-order valence-corrected chi connectivity index (χ3v) is 6.89. The quantitative estimate of drug-likeness (QED) is 0.152. The summed E-state index contributed by atoms with van der Waals surface area (Å²) < 4.78 is 0. The van der Waals surface area contributed by atoms with Gasteiger partial charge in [-0.3, -0.25) is 19.4 Å². The molecular formula is C28H37N5O5. The molecule has 10 heteroatoms. The summed E-state index contributed by atoms with van der Waals surface area (Å²) in [6, 6.07) is 15.1. The van der Waals surface area contributed by atoms with Crippen molar-refractivity contribution in [3.63, 3.8) is 0 Å². The molecule has 3 rings (SSSR count). The first-order valence-corrected chi connectivity index (χ1v) is 12.9. The zero-order chi connectivity index (χ0) is 27.5. The van der Waals surface area contributed by atoms with Crippen LogP contribution in [-0.2, 0) is 20.9 Å².